The van der Waals surface area contributed by atoms with Gasteiger partial charge >= 0.3 is 0 Å². The number of hydrogen-bond acceptors (Lipinski definition) is 5. The molecule has 7 heteroatoms. The third-order valence-corrected chi connectivity index (χ3v) is 6.16. The second kappa shape index (κ2) is 8.31. The smallest absolute Gasteiger partial charge is 0.255 e. The van der Waals surface area contributed by atoms with Crippen LogP contribution in [0, 0.1) is 5.92 Å². The molecule has 4 rings (SSSR count). The number of ether oxygens (including phenoxy) is 1. The first kappa shape index (κ1) is 18.9. The first-order chi connectivity index (χ1) is 13.7. The van der Waals surface area contributed by atoms with Gasteiger partial charge in [0.1, 0.15) is 0 Å². The van der Waals surface area contributed by atoms with Crippen LogP contribution < -0.4 is 10.1 Å². The summed E-state index contributed by atoms with van der Waals surface area (Å²) >= 11 is 0. The molecule has 3 N–H and O–H groups in total. The molecule has 0 bridgehead atoms. The molecule has 1 amide bonds. The standard InChI is InChI=1S/C21H28N4O3/c1-28-18-8-7-14(11-22-18)19(15-9-16(26)10-15)24-21(27)17-12-23-25-20(17)13-5-3-2-4-6-13/h7-8,11-13,15-16,19,26H,2-6,9-10H2,1H3,(H,23,25)(H,24,27)/t15?,16?,19-/m0/s1. The molecule has 0 aromatic carbocycles. The molecule has 2 heterocycles. The van der Waals surface area contributed by atoms with Gasteiger partial charge < -0.3 is 15.2 Å². The number of methoxy groups -OCH3 is 1. The number of aliphatic hydroxyl groups excluding tert-OH is 1. The van der Waals surface area contributed by atoms with Gasteiger partial charge in [0.05, 0.1) is 36.7 Å². The van der Waals surface area contributed by atoms with Crippen molar-refractivity contribution in [3.05, 3.63) is 41.3 Å². The van der Waals surface area contributed by atoms with Crippen LogP contribution in [0.25, 0.3) is 0 Å². The number of nitrogens with one attached hydrogen (secondary N) is 2. The molecular weight excluding hydrogens is 356 g/mol. The number of aromatic nitrogens is 3. The van der Waals surface area contributed by atoms with Crippen molar-refractivity contribution in [3.63, 3.8) is 0 Å². The number of aromatic amines is 1. The lowest BCUT2D eigenvalue weighted by Gasteiger charge is -2.38. The molecule has 2 aliphatic rings. The Bertz CT molecular complexity index is 792. The number of H-pyrrole nitrogens is 1. The van der Waals surface area contributed by atoms with Crippen LogP contribution in [0.1, 0.15) is 78.5 Å². The number of amides is 1. The Hall–Kier alpha value is -2.41. The molecule has 2 aromatic rings. The number of rotatable bonds is 6. The molecule has 1 atom stereocenters. The fourth-order valence-electron chi connectivity index (χ4n) is 4.47. The van der Waals surface area contributed by atoms with Crippen molar-refractivity contribution in [1.29, 1.82) is 0 Å². The predicted molar refractivity (Wildman–Crippen MR) is 104 cm³/mol. The lowest BCUT2D eigenvalue weighted by atomic mass is 9.75. The molecule has 2 aliphatic carbocycles. The number of carbonyl (C=O) groups is 1. The number of aliphatic hydroxyl groups is 1. The number of pyridine rings is 1. The maximum atomic E-state index is 13.1. The van der Waals surface area contributed by atoms with Crippen LogP contribution in [0.4, 0.5) is 0 Å². The normalized spacial score (nSPS) is 23.6. The van der Waals surface area contributed by atoms with Crippen LogP contribution >= 0.6 is 0 Å². The Kier molecular flexibility index (Phi) is 5.62. The molecule has 28 heavy (non-hydrogen) atoms. The van der Waals surface area contributed by atoms with E-state index in [4.69, 9.17) is 4.74 Å². The number of hydrogen-bond donors (Lipinski definition) is 3. The van der Waals surface area contributed by atoms with Gasteiger partial charge in [-0.25, -0.2) is 4.98 Å². The average molecular weight is 384 g/mol. The summed E-state index contributed by atoms with van der Waals surface area (Å²) in [5.41, 5.74) is 2.52. The van der Waals surface area contributed by atoms with Gasteiger partial charge in [-0.3, -0.25) is 9.89 Å². The van der Waals surface area contributed by atoms with Gasteiger partial charge in [0.15, 0.2) is 0 Å². The van der Waals surface area contributed by atoms with Gasteiger partial charge in [-0.15, -0.1) is 0 Å². The zero-order valence-corrected chi connectivity index (χ0v) is 16.2. The van der Waals surface area contributed by atoms with E-state index < -0.39 is 0 Å². The summed E-state index contributed by atoms with van der Waals surface area (Å²) in [6.45, 7) is 0. The van der Waals surface area contributed by atoms with E-state index in [-0.39, 0.29) is 24.0 Å². The Morgan fingerprint density at radius 2 is 2.04 bits per heavy atom. The monoisotopic (exact) mass is 384 g/mol. The minimum absolute atomic E-state index is 0.114. The van der Waals surface area contributed by atoms with Crippen LogP contribution in [0.2, 0.25) is 0 Å². The first-order valence-electron chi connectivity index (χ1n) is 10.2. The summed E-state index contributed by atoms with van der Waals surface area (Å²) in [6.07, 6.45) is 10.3. The fraction of sp³-hybridized carbons (Fsp3) is 0.571. The van der Waals surface area contributed by atoms with Crippen molar-refractivity contribution in [3.8, 4) is 5.88 Å². The molecule has 0 radical (unpaired) electrons. The molecule has 0 saturated heterocycles. The topological polar surface area (TPSA) is 100 Å². The lowest BCUT2D eigenvalue weighted by molar-refractivity contribution is 0.0234. The highest BCUT2D eigenvalue weighted by Crippen LogP contribution is 2.39. The number of carbonyl (C=O) groups excluding carboxylic acids is 1. The zero-order valence-electron chi connectivity index (χ0n) is 16.2. The van der Waals surface area contributed by atoms with Gasteiger partial charge in [-0.1, -0.05) is 25.3 Å². The summed E-state index contributed by atoms with van der Waals surface area (Å²) in [5.74, 6) is 0.997. The van der Waals surface area contributed by atoms with E-state index in [1.807, 2.05) is 6.07 Å². The van der Waals surface area contributed by atoms with Gasteiger partial charge in [-0.2, -0.15) is 5.10 Å². The van der Waals surface area contributed by atoms with Crippen molar-refractivity contribution >= 4 is 5.91 Å². The van der Waals surface area contributed by atoms with Crippen LogP contribution in [-0.2, 0) is 0 Å². The molecule has 0 unspecified atom stereocenters. The molecule has 0 spiro atoms. The summed E-state index contributed by atoms with van der Waals surface area (Å²) in [6, 6.07) is 3.54. The van der Waals surface area contributed by atoms with Gasteiger partial charge in [0, 0.05) is 18.2 Å². The van der Waals surface area contributed by atoms with E-state index in [1.165, 1.54) is 19.3 Å². The highest BCUT2D eigenvalue weighted by molar-refractivity contribution is 5.95. The Balaban J connectivity index is 1.53. The SMILES string of the molecule is COc1ccc([C@H](NC(=O)c2cn[nH]c2C2CCCCC2)C2CC(O)C2)cn1. The largest absolute Gasteiger partial charge is 0.481 e. The zero-order chi connectivity index (χ0) is 19.5. The van der Waals surface area contributed by atoms with E-state index in [1.54, 1.807) is 25.6 Å². The molecule has 150 valence electrons. The third kappa shape index (κ3) is 3.90. The van der Waals surface area contributed by atoms with Crippen molar-refractivity contribution in [2.45, 2.75) is 63.0 Å². The van der Waals surface area contributed by atoms with E-state index >= 15 is 0 Å². The minimum atomic E-state index is -0.290. The van der Waals surface area contributed by atoms with Crippen molar-refractivity contribution < 1.29 is 14.6 Å². The van der Waals surface area contributed by atoms with Gasteiger partial charge in [-0.05, 0) is 37.2 Å². The summed E-state index contributed by atoms with van der Waals surface area (Å²) in [5, 5.41) is 20.2. The molecule has 2 saturated carbocycles. The summed E-state index contributed by atoms with van der Waals surface area (Å²) in [4.78, 5) is 17.4. The van der Waals surface area contributed by atoms with Crippen LogP contribution in [0.3, 0.4) is 0 Å². The molecule has 2 fully saturated rings. The minimum Gasteiger partial charge on any atom is -0.481 e. The Morgan fingerprint density at radius 3 is 2.68 bits per heavy atom. The van der Waals surface area contributed by atoms with E-state index in [9.17, 15) is 9.90 Å². The highest BCUT2D eigenvalue weighted by Gasteiger charge is 2.36. The van der Waals surface area contributed by atoms with E-state index in [0.717, 1.165) is 24.1 Å². The number of nitrogens with zero attached hydrogens (tertiary/aromatic N) is 2. The predicted octanol–water partition coefficient (Wildman–Crippen LogP) is 3.10. The fourth-order valence-corrected chi connectivity index (χ4v) is 4.47. The van der Waals surface area contributed by atoms with Crippen LogP contribution in [0.5, 0.6) is 5.88 Å². The first-order valence-corrected chi connectivity index (χ1v) is 10.2. The summed E-state index contributed by atoms with van der Waals surface area (Å²) < 4.78 is 5.14. The second-order valence-corrected chi connectivity index (χ2v) is 8.00. The maximum Gasteiger partial charge on any atom is 0.255 e. The Labute approximate surface area is 164 Å². The third-order valence-electron chi connectivity index (χ3n) is 6.16. The molecule has 2 aromatic heterocycles. The van der Waals surface area contributed by atoms with Crippen LogP contribution in [0.15, 0.2) is 24.5 Å². The summed E-state index contributed by atoms with van der Waals surface area (Å²) in [7, 11) is 1.58. The quantitative estimate of drug-likeness (QED) is 0.711. The molecular formula is C21H28N4O3. The molecule has 7 nitrogen and oxygen atoms in total. The lowest BCUT2D eigenvalue weighted by Crippen LogP contribution is -2.41. The maximum absolute atomic E-state index is 13.1. The van der Waals surface area contributed by atoms with Gasteiger partial charge in [0.25, 0.3) is 5.91 Å². The van der Waals surface area contributed by atoms with Gasteiger partial charge in [0.2, 0.25) is 5.88 Å². The van der Waals surface area contributed by atoms with Crippen molar-refractivity contribution in [2.24, 2.45) is 5.92 Å². The molecule has 0 aliphatic heterocycles. The average Bonchev–Trinajstić information content (AvgIpc) is 3.21. The van der Waals surface area contributed by atoms with E-state index in [0.29, 0.717) is 30.2 Å². The van der Waals surface area contributed by atoms with Crippen LogP contribution in [-0.4, -0.2) is 39.4 Å². The highest BCUT2D eigenvalue weighted by atomic mass is 16.5. The van der Waals surface area contributed by atoms with Crippen molar-refractivity contribution in [2.75, 3.05) is 7.11 Å². The van der Waals surface area contributed by atoms with E-state index in [2.05, 4.69) is 20.5 Å². The Morgan fingerprint density at radius 1 is 1.25 bits per heavy atom. The second-order valence-electron chi connectivity index (χ2n) is 8.00. The van der Waals surface area contributed by atoms with Crippen molar-refractivity contribution in [1.82, 2.24) is 20.5 Å².